The first kappa shape index (κ1) is 11.4. The first-order valence-corrected chi connectivity index (χ1v) is 5.39. The Balaban J connectivity index is 2.82. The van der Waals surface area contributed by atoms with Gasteiger partial charge in [-0.05, 0) is 12.1 Å². The zero-order valence-corrected chi connectivity index (χ0v) is 8.16. The van der Waals surface area contributed by atoms with E-state index in [9.17, 15) is 17.6 Å². The van der Waals surface area contributed by atoms with Crippen LogP contribution in [0.4, 0.5) is 10.2 Å². The van der Waals surface area contributed by atoms with Crippen LogP contribution < -0.4 is 4.72 Å². The number of carboxylic acids is 1. The van der Waals surface area contributed by atoms with Gasteiger partial charge in [-0.15, -0.1) is 0 Å². The van der Waals surface area contributed by atoms with E-state index < -0.39 is 27.7 Å². The number of carboxylic acid groups (broad SMARTS) is 1. The number of carbonyl (C=O) groups is 1. The summed E-state index contributed by atoms with van der Waals surface area (Å²) in [6, 6.07) is 3.50. The lowest BCUT2D eigenvalue weighted by molar-refractivity contribution is -0.134. The Morgan fingerprint density at radius 2 is 2.20 bits per heavy atom. The van der Waals surface area contributed by atoms with Gasteiger partial charge in [-0.25, -0.2) is 13.4 Å². The molecule has 0 saturated heterocycles. The van der Waals surface area contributed by atoms with Gasteiger partial charge in [-0.2, -0.15) is 4.39 Å². The van der Waals surface area contributed by atoms with Gasteiger partial charge >= 0.3 is 5.97 Å². The Morgan fingerprint density at radius 3 is 2.73 bits per heavy atom. The Kier molecular flexibility index (Phi) is 3.20. The molecule has 0 amide bonds. The van der Waals surface area contributed by atoms with Crippen molar-refractivity contribution < 1.29 is 22.7 Å². The summed E-state index contributed by atoms with van der Waals surface area (Å²) in [5.41, 5.74) is 0. The Hall–Kier alpha value is -1.70. The second-order valence-corrected chi connectivity index (χ2v) is 4.32. The number of halogens is 1. The average Bonchev–Trinajstić information content (AvgIpc) is 1.99. The SMILES string of the molecule is O=C(O)CS(=O)(=O)Nc1cccc(F)n1. The van der Waals surface area contributed by atoms with Gasteiger partial charge in [0.15, 0.2) is 5.75 Å². The Bertz CT molecular complexity index is 474. The molecule has 1 aromatic rings. The normalized spacial score (nSPS) is 11.0. The zero-order chi connectivity index (χ0) is 11.5. The van der Waals surface area contributed by atoms with Crippen LogP contribution in [0, 0.1) is 5.95 Å². The molecule has 0 aliphatic heterocycles. The number of hydrogen-bond donors (Lipinski definition) is 2. The molecule has 15 heavy (non-hydrogen) atoms. The van der Waals surface area contributed by atoms with E-state index in [0.29, 0.717) is 0 Å². The highest BCUT2D eigenvalue weighted by atomic mass is 32.2. The van der Waals surface area contributed by atoms with Crippen LogP contribution in [0.2, 0.25) is 0 Å². The molecule has 0 aliphatic carbocycles. The average molecular weight is 234 g/mol. The van der Waals surface area contributed by atoms with Crippen molar-refractivity contribution in [2.75, 3.05) is 10.5 Å². The van der Waals surface area contributed by atoms with Gasteiger partial charge < -0.3 is 5.11 Å². The van der Waals surface area contributed by atoms with Gasteiger partial charge in [0, 0.05) is 0 Å². The van der Waals surface area contributed by atoms with Gasteiger partial charge in [-0.3, -0.25) is 9.52 Å². The highest BCUT2D eigenvalue weighted by Crippen LogP contribution is 2.05. The third-order valence-electron chi connectivity index (χ3n) is 1.29. The number of rotatable bonds is 4. The minimum absolute atomic E-state index is 0.253. The fourth-order valence-electron chi connectivity index (χ4n) is 0.823. The smallest absolute Gasteiger partial charge is 0.320 e. The van der Waals surface area contributed by atoms with Crippen LogP contribution in [0.5, 0.6) is 0 Å². The molecule has 0 fully saturated rings. The standard InChI is InChI=1S/C7H7FN2O4S/c8-5-2-1-3-6(9-5)10-15(13,14)4-7(11)12/h1-3H,4H2,(H,9,10)(H,11,12). The van der Waals surface area contributed by atoms with Crippen LogP contribution in [-0.2, 0) is 14.8 Å². The van der Waals surface area contributed by atoms with E-state index in [1.54, 1.807) is 0 Å². The summed E-state index contributed by atoms with van der Waals surface area (Å²) in [6.07, 6.45) is 0. The van der Waals surface area contributed by atoms with Crippen molar-refractivity contribution in [2.24, 2.45) is 0 Å². The zero-order valence-electron chi connectivity index (χ0n) is 7.34. The summed E-state index contributed by atoms with van der Waals surface area (Å²) in [5, 5.41) is 8.27. The molecule has 0 radical (unpaired) electrons. The lowest BCUT2D eigenvalue weighted by Crippen LogP contribution is -2.22. The van der Waals surface area contributed by atoms with E-state index >= 15 is 0 Å². The number of pyridine rings is 1. The number of hydrogen-bond acceptors (Lipinski definition) is 4. The van der Waals surface area contributed by atoms with E-state index in [0.717, 1.165) is 6.07 Å². The third-order valence-corrected chi connectivity index (χ3v) is 2.44. The molecule has 0 saturated carbocycles. The van der Waals surface area contributed by atoms with Crippen LogP contribution >= 0.6 is 0 Å². The van der Waals surface area contributed by atoms with Gasteiger partial charge in [0.05, 0.1) is 0 Å². The fraction of sp³-hybridized carbons (Fsp3) is 0.143. The number of sulfonamides is 1. The Labute approximate surface area is 84.8 Å². The maximum atomic E-state index is 12.5. The van der Waals surface area contributed by atoms with E-state index in [-0.39, 0.29) is 5.82 Å². The Morgan fingerprint density at radius 1 is 1.53 bits per heavy atom. The summed E-state index contributed by atoms with van der Waals surface area (Å²) in [6.45, 7) is 0. The fourth-order valence-corrected chi connectivity index (χ4v) is 1.65. The van der Waals surface area contributed by atoms with E-state index in [1.165, 1.54) is 12.1 Å². The molecule has 0 aromatic carbocycles. The molecule has 1 rings (SSSR count). The predicted molar refractivity (Wildman–Crippen MR) is 49.2 cm³/mol. The highest BCUT2D eigenvalue weighted by molar-refractivity contribution is 7.93. The lowest BCUT2D eigenvalue weighted by Gasteiger charge is -2.04. The molecule has 0 spiro atoms. The summed E-state index contributed by atoms with van der Waals surface area (Å²) in [4.78, 5) is 13.4. The minimum atomic E-state index is -4.03. The van der Waals surface area contributed by atoms with Crippen LogP contribution in [-0.4, -0.2) is 30.2 Å². The number of aromatic nitrogens is 1. The van der Waals surface area contributed by atoms with Crippen molar-refractivity contribution in [3.8, 4) is 0 Å². The highest BCUT2D eigenvalue weighted by Gasteiger charge is 2.16. The molecule has 6 nitrogen and oxygen atoms in total. The van der Waals surface area contributed by atoms with Crippen molar-refractivity contribution in [2.45, 2.75) is 0 Å². The van der Waals surface area contributed by atoms with Crippen LogP contribution in [0.15, 0.2) is 18.2 Å². The van der Waals surface area contributed by atoms with Crippen molar-refractivity contribution in [3.63, 3.8) is 0 Å². The van der Waals surface area contributed by atoms with E-state index in [2.05, 4.69) is 4.98 Å². The van der Waals surface area contributed by atoms with Crippen LogP contribution in [0.3, 0.4) is 0 Å². The second kappa shape index (κ2) is 4.22. The maximum Gasteiger partial charge on any atom is 0.320 e. The minimum Gasteiger partial charge on any atom is -0.480 e. The van der Waals surface area contributed by atoms with E-state index in [1.807, 2.05) is 4.72 Å². The number of anilines is 1. The van der Waals surface area contributed by atoms with Crippen molar-refractivity contribution >= 4 is 21.8 Å². The molecule has 0 bridgehead atoms. The molecule has 82 valence electrons. The lowest BCUT2D eigenvalue weighted by atomic mass is 10.5. The first-order chi connectivity index (χ1) is 6.89. The molecule has 8 heteroatoms. The molecule has 0 atom stereocenters. The molecular formula is C7H7FN2O4S. The number of nitrogens with one attached hydrogen (secondary N) is 1. The topological polar surface area (TPSA) is 96.4 Å². The molecule has 1 aromatic heterocycles. The van der Waals surface area contributed by atoms with Crippen molar-refractivity contribution in [1.29, 1.82) is 0 Å². The predicted octanol–water partition coefficient (Wildman–Crippen LogP) is 0.0470. The third kappa shape index (κ3) is 3.90. The van der Waals surface area contributed by atoms with Gasteiger partial charge in [-0.1, -0.05) is 6.07 Å². The monoisotopic (exact) mass is 234 g/mol. The van der Waals surface area contributed by atoms with E-state index in [4.69, 9.17) is 5.11 Å². The summed E-state index contributed by atoms with van der Waals surface area (Å²) >= 11 is 0. The summed E-state index contributed by atoms with van der Waals surface area (Å²) < 4.78 is 36.5. The van der Waals surface area contributed by atoms with Gasteiger partial charge in [0.2, 0.25) is 16.0 Å². The van der Waals surface area contributed by atoms with Gasteiger partial charge in [0.1, 0.15) is 5.82 Å². The quantitative estimate of drug-likeness (QED) is 0.717. The van der Waals surface area contributed by atoms with Crippen LogP contribution in [0.25, 0.3) is 0 Å². The summed E-state index contributed by atoms with van der Waals surface area (Å²) in [5.74, 6) is -3.70. The van der Waals surface area contributed by atoms with Crippen LogP contribution in [0.1, 0.15) is 0 Å². The summed E-state index contributed by atoms with van der Waals surface area (Å²) in [7, 11) is -4.03. The van der Waals surface area contributed by atoms with Gasteiger partial charge in [0.25, 0.3) is 0 Å². The molecular weight excluding hydrogens is 227 g/mol. The van der Waals surface area contributed by atoms with Crippen molar-refractivity contribution in [1.82, 2.24) is 4.98 Å². The number of nitrogens with zero attached hydrogens (tertiary/aromatic N) is 1. The maximum absolute atomic E-state index is 12.5. The second-order valence-electron chi connectivity index (χ2n) is 2.60. The molecule has 1 heterocycles. The molecule has 0 aliphatic rings. The number of aliphatic carboxylic acids is 1. The molecule has 0 unspecified atom stereocenters. The first-order valence-electron chi connectivity index (χ1n) is 3.74. The molecule has 2 N–H and O–H groups in total. The largest absolute Gasteiger partial charge is 0.480 e. The van der Waals surface area contributed by atoms with Crippen molar-refractivity contribution in [3.05, 3.63) is 24.1 Å².